The molecule has 2 aromatic rings. The fourth-order valence-electron chi connectivity index (χ4n) is 2.01. The number of ether oxygens (including phenoxy) is 2. The van der Waals surface area contributed by atoms with Crippen molar-refractivity contribution < 1.29 is 27.5 Å². The maximum atomic E-state index is 12.3. The van der Waals surface area contributed by atoms with Crippen LogP contribution in [0.4, 0.5) is 5.69 Å². The molecule has 0 spiro atoms. The molecule has 0 amide bonds. The highest BCUT2D eigenvalue weighted by Crippen LogP contribution is 2.19. The summed E-state index contributed by atoms with van der Waals surface area (Å²) in [6, 6.07) is 11.8. The third-order valence-electron chi connectivity index (χ3n) is 3.19. The fraction of sp³-hybridized carbons (Fsp3) is 0.222. The van der Waals surface area contributed by atoms with Gasteiger partial charge in [0.1, 0.15) is 0 Å². The van der Waals surface area contributed by atoms with Gasteiger partial charge in [-0.05, 0) is 62.4 Å². The Labute approximate surface area is 165 Å². The Morgan fingerprint density at radius 3 is 2.19 bits per heavy atom. The molecule has 0 aliphatic rings. The molecule has 0 saturated carbocycles. The van der Waals surface area contributed by atoms with E-state index in [1.165, 1.54) is 36.4 Å². The highest BCUT2D eigenvalue weighted by molar-refractivity contribution is 9.10. The summed E-state index contributed by atoms with van der Waals surface area (Å²) in [5.74, 6) is -1.35. The number of sulfonamides is 1. The van der Waals surface area contributed by atoms with Crippen LogP contribution in [0.3, 0.4) is 0 Å². The second-order valence-corrected chi connectivity index (χ2v) is 8.35. The third-order valence-corrected chi connectivity index (χ3v) is 5.11. The molecular weight excluding hydrogens is 438 g/mol. The van der Waals surface area contributed by atoms with Gasteiger partial charge in [-0.15, -0.1) is 0 Å². The van der Waals surface area contributed by atoms with Gasteiger partial charge < -0.3 is 9.47 Å². The van der Waals surface area contributed by atoms with E-state index in [4.69, 9.17) is 9.47 Å². The van der Waals surface area contributed by atoms with Crippen LogP contribution in [0.15, 0.2) is 57.9 Å². The Balaban J connectivity index is 1.99. The van der Waals surface area contributed by atoms with Crippen molar-refractivity contribution in [1.29, 1.82) is 0 Å². The van der Waals surface area contributed by atoms with E-state index in [2.05, 4.69) is 20.7 Å². The van der Waals surface area contributed by atoms with E-state index in [0.29, 0.717) is 0 Å². The molecule has 0 atom stereocenters. The predicted molar refractivity (Wildman–Crippen MR) is 103 cm³/mol. The molecular formula is C18H18BrNO6S. The molecule has 0 aromatic heterocycles. The lowest BCUT2D eigenvalue weighted by Gasteiger charge is -2.10. The number of hydrogen-bond donors (Lipinski definition) is 1. The molecule has 144 valence electrons. The van der Waals surface area contributed by atoms with E-state index in [9.17, 15) is 18.0 Å². The molecule has 7 nitrogen and oxygen atoms in total. The summed E-state index contributed by atoms with van der Waals surface area (Å²) in [7, 11) is -3.74. The molecule has 0 fully saturated rings. The van der Waals surface area contributed by atoms with Crippen molar-refractivity contribution in [2.45, 2.75) is 24.8 Å². The number of halogens is 1. The number of carbonyl (C=O) groups excluding carboxylic acids is 2. The molecule has 2 rings (SSSR count). The van der Waals surface area contributed by atoms with Crippen molar-refractivity contribution >= 4 is 43.6 Å². The Kier molecular flexibility index (Phi) is 6.98. The molecule has 27 heavy (non-hydrogen) atoms. The Morgan fingerprint density at radius 2 is 1.63 bits per heavy atom. The first-order chi connectivity index (χ1) is 12.7. The number of carbonyl (C=O) groups is 2. The second kappa shape index (κ2) is 9.01. The van der Waals surface area contributed by atoms with Gasteiger partial charge in [-0.25, -0.2) is 18.0 Å². The number of nitrogens with one attached hydrogen (secondary N) is 1. The van der Waals surface area contributed by atoms with Crippen molar-refractivity contribution in [2.75, 3.05) is 11.3 Å². The lowest BCUT2D eigenvalue weighted by atomic mass is 10.2. The predicted octanol–water partition coefficient (Wildman–Crippen LogP) is 3.36. The van der Waals surface area contributed by atoms with E-state index in [0.717, 1.165) is 4.47 Å². The smallest absolute Gasteiger partial charge is 0.344 e. The van der Waals surface area contributed by atoms with Crippen LogP contribution < -0.4 is 4.72 Å². The summed E-state index contributed by atoms with van der Waals surface area (Å²) >= 11 is 3.25. The van der Waals surface area contributed by atoms with E-state index in [-0.39, 0.29) is 22.3 Å². The molecule has 0 radical (unpaired) electrons. The summed E-state index contributed by atoms with van der Waals surface area (Å²) < 4.78 is 37.6. The summed E-state index contributed by atoms with van der Waals surface area (Å²) in [6.07, 6.45) is -0.297. The molecule has 0 aliphatic carbocycles. The Bertz CT molecular complexity index is 908. The van der Waals surface area contributed by atoms with Crippen molar-refractivity contribution in [3.63, 3.8) is 0 Å². The van der Waals surface area contributed by atoms with Crippen LogP contribution in [0.2, 0.25) is 0 Å². The summed E-state index contributed by atoms with van der Waals surface area (Å²) in [5.41, 5.74) is 0.465. The average molecular weight is 456 g/mol. The van der Waals surface area contributed by atoms with Gasteiger partial charge in [0.15, 0.2) is 6.61 Å². The molecule has 9 heteroatoms. The largest absolute Gasteiger partial charge is 0.460 e. The SMILES string of the molecule is CC(C)OC(=O)COC(=O)c1ccc(NS(=O)(=O)c2ccc(Br)cc2)cc1. The number of hydrogen-bond acceptors (Lipinski definition) is 6. The minimum Gasteiger partial charge on any atom is -0.460 e. The third kappa shape index (κ3) is 6.37. The quantitative estimate of drug-likeness (QED) is 0.642. The highest BCUT2D eigenvalue weighted by Gasteiger charge is 2.15. The summed E-state index contributed by atoms with van der Waals surface area (Å²) in [4.78, 5) is 23.4. The number of rotatable bonds is 7. The average Bonchev–Trinajstić information content (AvgIpc) is 2.60. The van der Waals surface area contributed by atoms with Gasteiger partial charge in [-0.1, -0.05) is 15.9 Å². The van der Waals surface area contributed by atoms with Gasteiger partial charge in [0.25, 0.3) is 10.0 Å². The maximum Gasteiger partial charge on any atom is 0.344 e. The maximum absolute atomic E-state index is 12.3. The molecule has 0 aliphatic heterocycles. The van der Waals surface area contributed by atoms with Crippen molar-refractivity contribution in [2.24, 2.45) is 0 Å². The molecule has 0 heterocycles. The lowest BCUT2D eigenvalue weighted by Crippen LogP contribution is -2.19. The van der Waals surface area contributed by atoms with Crippen molar-refractivity contribution in [1.82, 2.24) is 0 Å². The van der Waals surface area contributed by atoms with Crippen LogP contribution in [0, 0.1) is 0 Å². The van der Waals surface area contributed by atoms with Gasteiger partial charge in [-0.3, -0.25) is 4.72 Å². The van der Waals surface area contributed by atoms with Crippen molar-refractivity contribution in [3.8, 4) is 0 Å². The van der Waals surface area contributed by atoms with Gasteiger partial charge in [0, 0.05) is 10.2 Å². The van der Waals surface area contributed by atoms with Crippen LogP contribution in [0.5, 0.6) is 0 Å². The highest BCUT2D eigenvalue weighted by atomic mass is 79.9. The number of benzene rings is 2. The number of esters is 2. The van der Waals surface area contributed by atoms with Crippen LogP contribution in [0.1, 0.15) is 24.2 Å². The molecule has 0 unspecified atom stereocenters. The normalized spacial score (nSPS) is 11.1. The zero-order valence-corrected chi connectivity index (χ0v) is 17.0. The minimum atomic E-state index is -3.74. The lowest BCUT2D eigenvalue weighted by molar-refractivity contribution is -0.150. The zero-order chi connectivity index (χ0) is 20.0. The van der Waals surface area contributed by atoms with Gasteiger partial charge >= 0.3 is 11.9 Å². The second-order valence-electron chi connectivity index (χ2n) is 5.75. The number of anilines is 1. The van der Waals surface area contributed by atoms with Gasteiger partial charge in [0.05, 0.1) is 16.6 Å². The molecule has 0 bridgehead atoms. The van der Waals surface area contributed by atoms with E-state index in [1.807, 2.05) is 0 Å². The van der Waals surface area contributed by atoms with E-state index in [1.54, 1.807) is 26.0 Å². The molecule has 1 N–H and O–H groups in total. The first-order valence-electron chi connectivity index (χ1n) is 7.92. The molecule has 2 aromatic carbocycles. The van der Waals surface area contributed by atoms with Crippen LogP contribution >= 0.6 is 15.9 Å². The van der Waals surface area contributed by atoms with E-state index >= 15 is 0 Å². The van der Waals surface area contributed by atoms with Gasteiger partial charge in [-0.2, -0.15) is 0 Å². The Morgan fingerprint density at radius 1 is 1.04 bits per heavy atom. The summed E-state index contributed by atoms with van der Waals surface area (Å²) in [6.45, 7) is 2.89. The fourth-order valence-corrected chi connectivity index (χ4v) is 3.33. The molecule has 0 saturated heterocycles. The monoisotopic (exact) mass is 455 g/mol. The van der Waals surface area contributed by atoms with Crippen molar-refractivity contribution in [3.05, 3.63) is 58.6 Å². The first kappa shape index (κ1) is 20.9. The minimum absolute atomic E-state index is 0.109. The Hall–Kier alpha value is -2.39. The summed E-state index contributed by atoms with van der Waals surface area (Å²) in [5, 5.41) is 0. The van der Waals surface area contributed by atoms with Crippen LogP contribution in [-0.4, -0.2) is 33.1 Å². The standard InChI is InChI=1S/C18H18BrNO6S/c1-12(2)26-17(21)11-25-18(22)13-3-7-15(8-4-13)20-27(23,24)16-9-5-14(19)6-10-16/h3-10,12,20H,11H2,1-2H3. The topological polar surface area (TPSA) is 98.8 Å². The van der Waals surface area contributed by atoms with Crippen LogP contribution in [0.25, 0.3) is 0 Å². The van der Waals surface area contributed by atoms with E-state index < -0.39 is 28.6 Å². The zero-order valence-electron chi connectivity index (χ0n) is 14.6. The van der Waals surface area contributed by atoms with Crippen LogP contribution in [-0.2, 0) is 24.3 Å². The first-order valence-corrected chi connectivity index (χ1v) is 10.2. The van der Waals surface area contributed by atoms with Gasteiger partial charge in [0.2, 0.25) is 0 Å².